The fraction of sp³-hybridized carbons (Fsp3) is 0.425. The predicted molar refractivity (Wildman–Crippen MR) is 196 cm³/mol. The fourth-order valence-corrected chi connectivity index (χ4v) is 5.45. The Hall–Kier alpha value is -5.39. The van der Waals surface area contributed by atoms with E-state index in [2.05, 4.69) is 16.1 Å². The summed E-state index contributed by atoms with van der Waals surface area (Å²) in [6.07, 6.45) is -0.611. The van der Waals surface area contributed by atoms with E-state index in [1.165, 1.54) is 7.11 Å². The molecule has 0 bridgehead atoms. The zero-order valence-electron chi connectivity index (χ0n) is 30.9. The van der Waals surface area contributed by atoms with Crippen LogP contribution in [0.5, 0.6) is 0 Å². The van der Waals surface area contributed by atoms with Crippen LogP contribution < -0.4 is 16.1 Å². The van der Waals surface area contributed by atoms with Gasteiger partial charge in [0.05, 0.1) is 7.11 Å². The average molecular weight is 717 g/mol. The van der Waals surface area contributed by atoms with Crippen molar-refractivity contribution in [1.82, 2.24) is 21.1 Å². The molecule has 280 valence electrons. The van der Waals surface area contributed by atoms with E-state index in [9.17, 15) is 24.0 Å². The van der Waals surface area contributed by atoms with Crippen LogP contribution in [0.4, 0.5) is 9.59 Å². The van der Waals surface area contributed by atoms with Crippen LogP contribution in [0.15, 0.2) is 91.0 Å². The summed E-state index contributed by atoms with van der Waals surface area (Å²) in [6, 6.07) is 24.8. The molecule has 0 aliphatic carbocycles. The largest absolute Gasteiger partial charge is 0.467 e. The first-order chi connectivity index (χ1) is 24.8. The molecule has 0 fully saturated rings. The fourth-order valence-electron chi connectivity index (χ4n) is 5.45. The van der Waals surface area contributed by atoms with Crippen molar-refractivity contribution >= 4 is 30.0 Å². The van der Waals surface area contributed by atoms with Crippen molar-refractivity contribution in [2.24, 2.45) is 5.92 Å². The molecule has 0 aliphatic rings. The molecule has 52 heavy (non-hydrogen) atoms. The maximum atomic E-state index is 14.2. The Morgan fingerprint density at radius 3 is 1.81 bits per heavy atom. The van der Waals surface area contributed by atoms with Gasteiger partial charge in [-0.1, -0.05) is 111 Å². The summed E-state index contributed by atoms with van der Waals surface area (Å²) < 4.78 is 15.9. The minimum absolute atomic E-state index is 0.0741. The molecule has 0 saturated heterocycles. The molecule has 3 N–H and O–H groups in total. The van der Waals surface area contributed by atoms with Crippen LogP contribution >= 0.6 is 0 Å². The van der Waals surface area contributed by atoms with Crippen molar-refractivity contribution in [2.45, 2.75) is 97.1 Å². The smallest absolute Gasteiger partial charge is 0.426 e. The van der Waals surface area contributed by atoms with Gasteiger partial charge in [-0.2, -0.15) is 0 Å². The highest BCUT2D eigenvalue weighted by molar-refractivity contribution is 5.91. The first kappa shape index (κ1) is 41.0. The van der Waals surface area contributed by atoms with Crippen LogP contribution in [0.2, 0.25) is 0 Å². The molecule has 0 aliphatic heterocycles. The zero-order valence-corrected chi connectivity index (χ0v) is 30.9. The third-order valence-corrected chi connectivity index (χ3v) is 8.26. The SMILES string of the molecule is CC[C@H](C)[C@@H](C(=O)NC(Cc1ccccc1)C(=O)OC)N(NC(=O)OCc1ccccc1)C(=O)CCC(Cc1ccccc1)NC(=O)OC(C)(C)C. The molecule has 4 amide bonds. The van der Waals surface area contributed by atoms with E-state index in [1.54, 1.807) is 52.0 Å². The van der Waals surface area contributed by atoms with Crippen LogP contribution in [0.1, 0.15) is 70.6 Å². The van der Waals surface area contributed by atoms with Crippen LogP contribution in [0.3, 0.4) is 0 Å². The number of nitrogens with one attached hydrogen (secondary N) is 3. The van der Waals surface area contributed by atoms with Crippen LogP contribution in [-0.2, 0) is 48.0 Å². The molecule has 0 saturated carbocycles. The molecule has 4 atom stereocenters. The van der Waals surface area contributed by atoms with Crippen LogP contribution in [0, 0.1) is 5.92 Å². The number of hydrogen-bond donors (Lipinski definition) is 3. The third-order valence-electron chi connectivity index (χ3n) is 8.26. The number of rotatable bonds is 16. The number of hydrogen-bond acceptors (Lipinski definition) is 8. The lowest BCUT2D eigenvalue weighted by atomic mass is 9.96. The Balaban J connectivity index is 1.90. The van der Waals surface area contributed by atoms with Crippen molar-refractivity contribution < 1.29 is 38.2 Å². The van der Waals surface area contributed by atoms with Gasteiger partial charge in [0.15, 0.2) is 0 Å². The first-order valence-corrected chi connectivity index (χ1v) is 17.5. The van der Waals surface area contributed by atoms with Gasteiger partial charge in [0.1, 0.15) is 24.3 Å². The lowest BCUT2D eigenvalue weighted by molar-refractivity contribution is -0.149. The Labute approximate surface area is 306 Å². The highest BCUT2D eigenvalue weighted by atomic mass is 16.6. The Bertz CT molecular complexity index is 1580. The predicted octanol–water partition coefficient (Wildman–Crippen LogP) is 5.89. The molecule has 3 rings (SSSR count). The zero-order chi connectivity index (χ0) is 38.1. The van der Waals surface area contributed by atoms with Gasteiger partial charge in [0.25, 0.3) is 0 Å². The normalized spacial score (nSPS) is 13.3. The summed E-state index contributed by atoms with van der Waals surface area (Å²) in [5.41, 5.74) is 4.23. The molecule has 0 spiro atoms. The molecule has 0 radical (unpaired) electrons. The summed E-state index contributed by atoms with van der Waals surface area (Å²) in [5, 5.41) is 6.63. The van der Waals surface area contributed by atoms with Gasteiger partial charge in [0, 0.05) is 18.9 Å². The minimum Gasteiger partial charge on any atom is -0.467 e. The monoisotopic (exact) mass is 716 g/mol. The molecular formula is C40H52N4O8. The van der Waals surface area contributed by atoms with E-state index in [4.69, 9.17) is 14.2 Å². The lowest BCUT2D eigenvalue weighted by Gasteiger charge is -2.35. The average Bonchev–Trinajstić information content (AvgIpc) is 3.12. The van der Waals surface area contributed by atoms with Crippen molar-refractivity contribution in [3.8, 4) is 0 Å². The first-order valence-electron chi connectivity index (χ1n) is 17.5. The number of esters is 1. The van der Waals surface area contributed by atoms with E-state index in [0.717, 1.165) is 21.7 Å². The molecule has 0 heterocycles. The molecule has 12 heteroatoms. The number of amides is 4. The van der Waals surface area contributed by atoms with E-state index in [0.29, 0.717) is 12.8 Å². The van der Waals surface area contributed by atoms with Gasteiger partial charge in [-0.3, -0.25) is 9.59 Å². The Kier molecular flexibility index (Phi) is 16.1. The van der Waals surface area contributed by atoms with Crippen LogP contribution in [0.25, 0.3) is 0 Å². The van der Waals surface area contributed by atoms with Gasteiger partial charge >= 0.3 is 18.2 Å². The van der Waals surface area contributed by atoms with E-state index < -0.39 is 59.6 Å². The Morgan fingerprint density at radius 2 is 1.29 bits per heavy atom. The highest BCUT2D eigenvalue weighted by Gasteiger charge is 2.38. The molecule has 2 unspecified atom stereocenters. The van der Waals surface area contributed by atoms with E-state index >= 15 is 0 Å². The van der Waals surface area contributed by atoms with Gasteiger partial charge in [-0.05, 0) is 56.2 Å². The maximum absolute atomic E-state index is 14.2. The number of methoxy groups -OCH3 is 1. The second kappa shape index (κ2) is 20.5. The van der Waals surface area contributed by atoms with Crippen molar-refractivity contribution in [3.63, 3.8) is 0 Å². The summed E-state index contributed by atoms with van der Waals surface area (Å²) in [6.45, 7) is 8.82. The number of ether oxygens (including phenoxy) is 3. The third kappa shape index (κ3) is 14.1. The summed E-state index contributed by atoms with van der Waals surface area (Å²) in [7, 11) is 1.23. The second-order valence-electron chi connectivity index (χ2n) is 13.6. The number of nitrogens with zero attached hydrogens (tertiary/aromatic N) is 1. The van der Waals surface area contributed by atoms with Crippen molar-refractivity contribution in [3.05, 3.63) is 108 Å². The number of hydrazine groups is 1. The van der Waals surface area contributed by atoms with E-state index in [-0.39, 0.29) is 25.9 Å². The highest BCUT2D eigenvalue weighted by Crippen LogP contribution is 2.19. The van der Waals surface area contributed by atoms with Gasteiger partial charge in [-0.25, -0.2) is 24.8 Å². The van der Waals surface area contributed by atoms with Gasteiger partial charge < -0.3 is 24.8 Å². The minimum atomic E-state index is -1.24. The number of carbonyl (C=O) groups is 5. The number of carbonyl (C=O) groups excluding carboxylic acids is 5. The standard InChI is InChI=1S/C40H52N4O8/c1-7-28(2)35(36(46)42-33(37(47)50-6)26-30-19-13-9-14-20-30)44(43-39(49)51-27-31-21-15-10-16-22-31)34(45)24-23-32(25-29-17-11-8-12-18-29)41-38(48)52-40(3,4)5/h8-22,28,32-33,35H,7,23-27H2,1-6H3,(H,41,48)(H,42,46)(H,43,49)/t28-,32?,33?,35-/m0/s1. The summed E-state index contributed by atoms with van der Waals surface area (Å²) >= 11 is 0. The summed E-state index contributed by atoms with van der Waals surface area (Å²) in [4.78, 5) is 67.3. The van der Waals surface area contributed by atoms with Crippen molar-refractivity contribution in [1.29, 1.82) is 0 Å². The number of benzene rings is 3. The molecule has 3 aromatic carbocycles. The molecule has 3 aromatic rings. The maximum Gasteiger partial charge on any atom is 0.426 e. The molecule has 0 aromatic heterocycles. The quantitative estimate of drug-likeness (QED) is 0.0944. The van der Waals surface area contributed by atoms with Gasteiger partial charge in [0.2, 0.25) is 11.8 Å². The van der Waals surface area contributed by atoms with Crippen molar-refractivity contribution in [2.75, 3.05) is 7.11 Å². The van der Waals surface area contributed by atoms with E-state index in [1.807, 2.05) is 73.7 Å². The Morgan fingerprint density at radius 1 is 0.750 bits per heavy atom. The number of alkyl carbamates (subject to hydrolysis) is 1. The lowest BCUT2D eigenvalue weighted by Crippen LogP contribution is -2.61. The topological polar surface area (TPSA) is 152 Å². The molecule has 12 nitrogen and oxygen atoms in total. The molecular weight excluding hydrogens is 664 g/mol. The van der Waals surface area contributed by atoms with Gasteiger partial charge in [-0.15, -0.1) is 0 Å². The summed E-state index contributed by atoms with van der Waals surface area (Å²) in [5.74, 6) is -2.40. The second-order valence-corrected chi connectivity index (χ2v) is 13.6. The van der Waals surface area contributed by atoms with Crippen LogP contribution in [-0.4, -0.2) is 65.8 Å².